The predicted octanol–water partition coefficient (Wildman–Crippen LogP) is 4.25. The highest BCUT2D eigenvalue weighted by atomic mass is 32.1. The molecule has 0 radical (unpaired) electrons. The Morgan fingerprint density at radius 1 is 1.30 bits per heavy atom. The number of hydrogen-bond acceptors (Lipinski definition) is 8. The van der Waals surface area contributed by atoms with E-state index in [2.05, 4.69) is 16.0 Å². The number of aryl methyl sites for hydroxylation is 1. The molecule has 0 unspecified atom stereocenters. The quantitative estimate of drug-likeness (QED) is 0.472. The molecule has 1 aromatic carbocycles. The molecule has 0 bridgehead atoms. The second-order valence-corrected chi connectivity index (χ2v) is 11.7. The fourth-order valence-corrected chi connectivity index (χ4v) is 5.86. The zero-order valence-corrected chi connectivity index (χ0v) is 22.6. The lowest BCUT2D eigenvalue weighted by Crippen LogP contribution is -2.51. The Bertz CT molecular complexity index is 1330. The number of β-amino-alcohol motifs (C(OH)–C–C–N with tert-alkyl or cyclic N) is 1. The van der Waals surface area contributed by atoms with Gasteiger partial charge in [-0.1, -0.05) is 39.0 Å². The number of thiazole rings is 1. The van der Waals surface area contributed by atoms with E-state index in [1.54, 1.807) is 17.5 Å². The molecule has 0 spiro atoms. The number of carbonyl (C=O) groups excluding carboxylic acids is 2. The molecule has 2 aromatic rings. The number of rotatable bonds is 7. The predicted molar refractivity (Wildman–Crippen MR) is 147 cm³/mol. The summed E-state index contributed by atoms with van der Waals surface area (Å²) in [5.41, 5.74) is 5.48. The lowest BCUT2D eigenvalue weighted by Gasteiger charge is -2.35. The number of aliphatic hydroxyl groups excluding tert-OH is 1. The van der Waals surface area contributed by atoms with Crippen molar-refractivity contribution in [2.45, 2.75) is 59.6 Å². The molecule has 0 aliphatic carbocycles. The number of ketones is 1. The lowest BCUT2D eigenvalue weighted by molar-refractivity contribution is -0.136. The third-order valence-electron chi connectivity index (χ3n) is 6.92. The number of hydrogen-bond donors (Lipinski definition) is 3. The molecule has 8 nitrogen and oxygen atoms in total. The van der Waals surface area contributed by atoms with Crippen molar-refractivity contribution in [3.8, 4) is 10.4 Å². The second-order valence-electron chi connectivity index (χ2n) is 10.9. The SMILES string of the molecule is CC(=O)C(=N)[C@H](C(=O)N1C[C@H](O)C[C@H]1C1=NC=C(Cc2cccc(-c3scnc3C)c2)C1=N)C(C)(C)C. The van der Waals surface area contributed by atoms with Gasteiger partial charge in [-0.05, 0) is 29.5 Å². The van der Waals surface area contributed by atoms with Crippen molar-refractivity contribution in [3.05, 3.63) is 52.8 Å². The van der Waals surface area contributed by atoms with E-state index in [1.165, 1.54) is 11.8 Å². The summed E-state index contributed by atoms with van der Waals surface area (Å²) < 4.78 is 0. The van der Waals surface area contributed by atoms with E-state index in [-0.39, 0.29) is 30.3 Å². The van der Waals surface area contributed by atoms with Gasteiger partial charge in [0, 0.05) is 38.1 Å². The molecule has 0 saturated carbocycles. The van der Waals surface area contributed by atoms with Gasteiger partial charge in [-0.15, -0.1) is 11.3 Å². The standard InChI is InChI=1S/C28H33N5O3S/c1-15-26(37-14-32-15)18-8-6-7-17(9-18)10-19-12-31-25(24(19)30)21-11-20(35)13-33(21)27(36)22(28(3,4)5)23(29)16(2)34/h6-9,12,14,20-22,29-30,35H,10-11,13H2,1-5H3/t20-,21+,22-/m1/s1. The highest BCUT2D eigenvalue weighted by Crippen LogP contribution is 2.34. The largest absolute Gasteiger partial charge is 0.391 e. The van der Waals surface area contributed by atoms with Gasteiger partial charge in [0.05, 0.1) is 51.3 Å². The number of likely N-dealkylation sites (tertiary alicyclic amines) is 1. The first kappa shape index (κ1) is 26.8. The fourth-order valence-electron chi connectivity index (χ4n) is 5.06. The normalized spacial score (nSPS) is 20.6. The first-order chi connectivity index (χ1) is 17.4. The van der Waals surface area contributed by atoms with Crippen LogP contribution in [-0.4, -0.2) is 62.5 Å². The van der Waals surface area contributed by atoms with E-state index < -0.39 is 29.3 Å². The van der Waals surface area contributed by atoms with Gasteiger partial charge in [0.1, 0.15) is 0 Å². The van der Waals surface area contributed by atoms with E-state index in [4.69, 9.17) is 10.8 Å². The molecule has 9 heteroatoms. The van der Waals surface area contributed by atoms with Crippen molar-refractivity contribution < 1.29 is 14.7 Å². The number of amides is 1. The Hall–Kier alpha value is -3.30. The van der Waals surface area contributed by atoms with Gasteiger partial charge in [-0.3, -0.25) is 20.0 Å². The van der Waals surface area contributed by atoms with E-state index in [0.717, 1.165) is 27.3 Å². The molecule has 37 heavy (non-hydrogen) atoms. The molecule has 3 heterocycles. The maximum Gasteiger partial charge on any atom is 0.233 e. The van der Waals surface area contributed by atoms with Crippen LogP contribution in [0.25, 0.3) is 10.4 Å². The lowest BCUT2D eigenvalue weighted by atomic mass is 9.75. The van der Waals surface area contributed by atoms with Gasteiger partial charge in [0.25, 0.3) is 0 Å². The Morgan fingerprint density at radius 3 is 2.65 bits per heavy atom. The third-order valence-corrected chi connectivity index (χ3v) is 7.90. The van der Waals surface area contributed by atoms with Gasteiger partial charge in [0.2, 0.25) is 5.91 Å². The number of allylic oxidation sites excluding steroid dienone is 1. The van der Waals surface area contributed by atoms with Gasteiger partial charge in [-0.2, -0.15) is 0 Å². The van der Waals surface area contributed by atoms with E-state index in [0.29, 0.717) is 12.1 Å². The number of nitrogens with one attached hydrogen (secondary N) is 2. The number of aromatic nitrogens is 1. The van der Waals surface area contributed by atoms with Gasteiger partial charge < -0.3 is 15.4 Å². The molecule has 194 valence electrons. The van der Waals surface area contributed by atoms with Crippen LogP contribution in [0, 0.1) is 29.1 Å². The van der Waals surface area contributed by atoms with Crippen molar-refractivity contribution >= 4 is 40.2 Å². The number of benzene rings is 1. The molecular formula is C28H33N5O3S. The number of aliphatic imine (C=N–C) groups is 1. The second kappa shape index (κ2) is 10.2. The molecule has 4 rings (SSSR count). The zero-order chi connectivity index (χ0) is 27.1. The van der Waals surface area contributed by atoms with Gasteiger partial charge in [0.15, 0.2) is 5.78 Å². The summed E-state index contributed by atoms with van der Waals surface area (Å²) in [4.78, 5) is 37.2. The third kappa shape index (κ3) is 5.38. The summed E-state index contributed by atoms with van der Waals surface area (Å²) >= 11 is 1.59. The molecule has 3 atom stereocenters. The summed E-state index contributed by atoms with van der Waals surface area (Å²) in [6.07, 6.45) is 1.69. The maximum atomic E-state index is 13.7. The Kier molecular flexibility index (Phi) is 7.39. The molecule has 2 aliphatic rings. The van der Waals surface area contributed by atoms with Gasteiger partial charge in [-0.25, -0.2) is 4.98 Å². The average molecular weight is 520 g/mol. The van der Waals surface area contributed by atoms with E-state index in [9.17, 15) is 14.7 Å². The van der Waals surface area contributed by atoms with Crippen molar-refractivity contribution in [1.82, 2.24) is 9.88 Å². The van der Waals surface area contributed by atoms with Crippen LogP contribution in [0.2, 0.25) is 0 Å². The van der Waals surface area contributed by atoms with Crippen LogP contribution in [0.3, 0.4) is 0 Å². The topological polar surface area (TPSA) is 131 Å². The van der Waals surface area contributed by atoms with E-state index in [1.807, 2.05) is 51.4 Å². The van der Waals surface area contributed by atoms with Crippen molar-refractivity contribution in [3.63, 3.8) is 0 Å². The van der Waals surface area contributed by atoms with Crippen LogP contribution >= 0.6 is 11.3 Å². The van der Waals surface area contributed by atoms with Crippen LogP contribution in [0.4, 0.5) is 0 Å². The number of nitrogens with zero attached hydrogens (tertiary/aromatic N) is 3. The van der Waals surface area contributed by atoms with Crippen LogP contribution in [0.1, 0.15) is 45.4 Å². The number of carbonyl (C=O) groups is 2. The number of Topliss-reactive ketones (excluding diaryl/α,β-unsaturated/α-hetero) is 1. The Labute approximate surface area is 221 Å². The summed E-state index contributed by atoms with van der Waals surface area (Å²) in [5, 5.41) is 27.7. The molecule has 1 saturated heterocycles. The molecule has 1 fully saturated rings. The summed E-state index contributed by atoms with van der Waals surface area (Å²) in [6.45, 7) is 8.84. The summed E-state index contributed by atoms with van der Waals surface area (Å²) in [7, 11) is 0. The minimum Gasteiger partial charge on any atom is -0.391 e. The molecule has 1 amide bonds. The molecular weight excluding hydrogens is 486 g/mol. The Morgan fingerprint density at radius 2 is 2.03 bits per heavy atom. The summed E-state index contributed by atoms with van der Waals surface area (Å²) in [5.74, 6) is -1.78. The monoisotopic (exact) mass is 519 g/mol. The average Bonchev–Trinajstić information content (AvgIpc) is 3.51. The maximum absolute atomic E-state index is 13.7. The van der Waals surface area contributed by atoms with Crippen molar-refractivity contribution in [2.24, 2.45) is 16.3 Å². The van der Waals surface area contributed by atoms with Crippen LogP contribution < -0.4 is 0 Å². The van der Waals surface area contributed by atoms with Crippen molar-refractivity contribution in [1.29, 1.82) is 10.8 Å². The summed E-state index contributed by atoms with van der Waals surface area (Å²) in [6, 6.07) is 7.58. The first-order valence-corrected chi connectivity index (χ1v) is 13.2. The molecule has 3 N–H and O–H groups in total. The van der Waals surface area contributed by atoms with Crippen molar-refractivity contribution in [2.75, 3.05) is 6.54 Å². The first-order valence-electron chi connectivity index (χ1n) is 12.3. The molecule has 2 aliphatic heterocycles. The highest BCUT2D eigenvalue weighted by Gasteiger charge is 2.46. The van der Waals surface area contributed by atoms with Crippen LogP contribution in [-0.2, 0) is 16.0 Å². The minimum absolute atomic E-state index is 0.0825. The zero-order valence-electron chi connectivity index (χ0n) is 21.8. The van der Waals surface area contributed by atoms with Crippen LogP contribution in [0.5, 0.6) is 0 Å². The number of aliphatic hydroxyl groups is 1. The minimum atomic E-state index is -0.945. The molecule has 1 aromatic heterocycles. The van der Waals surface area contributed by atoms with Gasteiger partial charge >= 0.3 is 0 Å². The highest BCUT2D eigenvalue weighted by molar-refractivity contribution is 7.13. The smallest absolute Gasteiger partial charge is 0.233 e. The fraction of sp³-hybridized carbons (Fsp3) is 0.429. The van der Waals surface area contributed by atoms with E-state index >= 15 is 0 Å². The van der Waals surface area contributed by atoms with Crippen LogP contribution in [0.15, 0.2) is 46.5 Å². The Balaban J connectivity index is 1.53.